The Morgan fingerprint density at radius 2 is 1.93 bits per heavy atom. The van der Waals surface area contributed by atoms with Crippen LogP contribution < -0.4 is 5.73 Å². The van der Waals surface area contributed by atoms with Gasteiger partial charge in [0.05, 0.1) is 17.8 Å². The van der Waals surface area contributed by atoms with Crippen LogP contribution in [0.4, 0.5) is 0 Å². The van der Waals surface area contributed by atoms with Gasteiger partial charge in [-0.05, 0) is 11.6 Å². The molecule has 2 aromatic rings. The topological polar surface area (TPSA) is 189 Å². The van der Waals surface area contributed by atoms with Gasteiger partial charge in [0.2, 0.25) is 0 Å². The normalized spacial score (nSPS) is 29.7. The van der Waals surface area contributed by atoms with Gasteiger partial charge in [0, 0.05) is 11.8 Å². The molecule has 1 aromatic heterocycles. The number of benzene rings is 1. The van der Waals surface area contributed by atoms with Crippen molar-refractivity contribution >= 4 is 16.9 Å². The Morgan fingerprint density at radius 3 is 2.56 bits per heavy atom. The van der Waals surface area contributed by atoms with E-state index in [1.165, 1.54) is 6.07 Å². The third kappa shape index (κ3) is 3.38. The van der Waals surface area contributed by atoms with E-state index >= 15 is 0 Å². The molecular formula is C17H22N2O8. The third-order valence-electron chi connectivity index (χ3n) is 4.87. The molecule has 1 aromatic carbocycles. The minimum Gasteiger partial charge on any atom is -0.506 e. The number of carboxylic acid groups (broad SMARTS) is 1. The molecule has 1 aliphatic rings. The Kier molecular flexibility index (Phi) is 5.38. The van der Waals surface area contributed by atoms with Crippen LogP contribution in [0.25, 0.3) is 10.9 Å². The maximum Gasteiger partial charge on any atom is 0.320 e. The fourth-order valence-corrected chi connectivity index (χ4v) is 3.39. The smallest absolute Gasteiger partial charge is 0.320 e. The zero-order valence-electron chi connectivity index (χ0n) is 14.2. The average molecular weight is 382 g/mol. The number of fused-ring (bicyclic) bond motifs is 1. The molecule has 10 heteroatoms. The SMILES string of the molecule is N[C@@H](Cc1c([C@H]2O[C@H](CO)[C@@H](O)[C@H](O)[C@@H]2O)[nH]c2c(O)cccc12)C(=O)O. The zero-order valence-corrected chi connectivity index (χ0v) is 14.2. The first-order valence-corrected chi connectivity index (χ1v) is 8.37. The number of nitrogens with one attached hydrogen (secondary N) is 1. The van der Waals surface area contributed by atoms with Gasteiger partial charge in [-0.3, -0.25) is 4.79 Å². The number of hydrogen-bond acceptors (Lipinski definition) is 8. The number of para-hydroxylation sites is 1. The number of carboxylic acids is 1. The predicted molar refractivity (Wildman–Crippen MR) is 92.0 cm³/mol. The summed E-state index contributed by atoms with van der Waals surface area (Å²) in [5, 5.41) is 59.5. The number of aromatic amines is 1. The average Bonchev–Trinajstić information content (AvgIpc) is 3.00. The molecule has 0 unspecified atom stereocenters. The highest BCUT2D eigenvalue weighted by molar-refractivity contribution is 5.90. The van der Waals surface area contributed by atoms with Gasteiger partial charge in [0.25, 0.3) is 0 Å². The van der Waals surface area contributed by atoms with Crippen molar-refractivity contribution in [1.29, 1.82) is 0 Å². The number of aliphatic hydroxyl groups is 4. The van der Waals surface area contributed by atoms with E-state index in [1.807, 2.05) is 0 Å². The molecule has 1 fully saturated rings. The number of hydrogen-bond donors (Lipinski definition) is 8. The zero-order chi connectivity index (χ0) is 19.9. The Hall–Kier alpha value is -2.21. The van der Waals surface area contributed by atoms with Crippen molar-refractivity contribution in [1.82, 2.24) is 4.98 Å². The van der Waals surface area contributed by atoms with Crippen LogP contribution in [-0.4, -0.2) is 78.7 Å². The molecule has 6 atom stereocenters. The van der Waals surface area contributed by atoms with Crippen molar-refractivity contribution in [2.24, 2.45) is 5.73 Å². The molecule has 1 saturated heterocycles. The van der Waals surface area contributed by atoms with Crippen LogP contribution in [0, 0.1) is 0 Å². The number of nitrogens with two attached hydrogens (primary N) is 1. The number of ether oxygens (including phenoxy) is 1. The molecule has 1 aliphatic heterocycles. The minimum absolute atomic E-state index is 0.103. The second-order valence-corrected chi connectivity index (χ2v) is 6.62. The Bertz CT molecular complexity index is 836. The first kappa shape index (κ1) is 19.5. The quantitative estimate of drug-likeness (QED) is 0.299. The molecular weight excluding hydrogens is 360 g/mol. The molecule has 10 nitrogen and oxygen atoms in total. The Balaban J connectivity index is 2.12. The van der Waals surface area contributed by atoms with Crippen LogP contribution in [0.15, 0.2) is 18.2 Å². The van der Waals surface area contributed by atoms with Crippen LogP contribution in [0.2, 0.25) is 0 Å². The Morgan fingerprint density at radius 1 is 1.22 bits per heavy atom. The first-order valence-electron chi connectivity index (χ1n) is 8.37. The highest BCUT2D eigenvalue weighted by Gasteiger charge is 2.45. The number of aromatic nitrogens is 1. The van der Waals surface area contributed by atoms with Crippen LogP contribution in [-0.2, 0) is 16.0 Å². The summed E-state index contributed by atoms with van der Waals surface area (Å²) in [4.78, 5) is 14.1. The maximum absolute atomic E-state index is 11.2. The predicted octanol–water partition coefficient (Wildman–Crippen LogP) is -1.66. The standard InChI is InChI=1S/C17H22N2O8/c18-8(17(25)26)4-7-6-2-1-3-9(21)11(6)19-12(7)16-15(24)14(23)13(22)10(5-20)27-16/h1-3,8,10,13-16,19-24H,4-5,18H2,(H,25,26)/t8-,10+,13+,14-,15-,16+/m0/s1. The van der Waals surface area contributed by atoms with Crippen molar-refractivity contribution in [3.8, 4) is 5.75 Å². The van der Waals surface area contributed by atoms with Gasteiger partial charge in [-0.2, -0.15) is 0 Å². The van der Waals surface area contributed by atoms with E-state index in [2.05, 4.69) is 4.98 Å². The number of aliphatic hydroxyl groups excluding tert-OH is 4. The van der Waals surface area contributed by atoms with Crippen molar-refractivity contribution in [2.75, 3.05) is 6.61 Å². The van der Waals surface area contributed by atoms with Gasteiger partial charge in [0.1, 0.15) is 42.3 Å². The van der Waals surface area contributed by atoms with E-state index in [1.54, 1.807) is 12.1 Å². The van der Waals surface area contributed by atoms with Crippen LogP contribution >= 0.6 is 0 Å². The molecule has 27 heavy (non-hydrogen) atoms. The molecule has 2 heterocycles. The van der Waals surface area contributed by atoms with E-state index in [4.69, 9.17) is 15.6 Å². The molecule has 0 bridgehead atoms. The number of rotatable bonds is 5. The summed E-state index contributed by atoms with van der Waals surface area (Å²) in [6.45, 7) is -0.600. The first-order chi connectivity index (χ1) is 12.8. The van der Waals surface area contributed by atoms with E-state index in [9.17, 15) is 30.3 Å². The molecule has 3 rings (SSSR count). The van der Waals surface area contributed by atoms with Crippen LogP contribution in [0.1, 0.15) is 17.4 Å². The highest BCUT2D eigenvalue weighted by atomic mass is 16.5. The molecule has 9 N–H and O–H groups in total. The summed E-state index contributed by atoms with van der Waals surface area (Å²) in [7, 11) is 0. The number of aromatic hydroxyl groups is 1. The van der Waals surface area contributed by atoms with Gasteiger partial charge in [0.15, 0.2) is 0 Å². The van der Waals surface area contributed by atoms with Gasteiger partial charge >= 0.3 is 5.97 Å². The molecule has 0 aliphatic carbocycles. The summed E-state index contributed by atoms with van der Waals surface area (Å²) in [6.07, 6.45) is -7.15. The third-order valence-corrected chi connectivity index (χ3v) is 4.87. The largest absolute Gasteiger partial charge is 0.506 e. The number of aliphatic carboxylic acids is 1. The lowest BCUT2D eigenvalue weighted by atomic mass is 9.90. The van der Waals surface area contributed by atoms with E-state index in [0.717, 1.165) is 0 Å². The molecule has 148 valence electrons. The van der Waals surface area contributed by atoms with Gasteiger partial charge in [-0.25, -0.2) is 0 Å². The van der Waals surface area contributed by atoms with Gasteiger partial charge < -0.3 is 46.1 Å². The number of carbonyl (C=O) groups is 1. The van der Waals surface area contributed by atoms with Crippen molar-refractivity contribution < 1.29 is 40.2 Å². The maximum atomic E-state index is 11.2. The van der Waals surface area contributed by atoms with E-state index < -0.39 is 49.1 Å². The number of phenols is 1. The highest BCUT2D eigenvalue weighted by Crippen LogP contribution is 2.38. The fourth-order valence-electron chi connectivity index (χ4n) is 3.39. The minimum atomic E-state index is -1.60. The second kappa shape index (κ2) is 7.43. The summed E-state index contributed by atoms with van der Waals surface area (Å²) >= 11 is 0. The van der Waals surface area contributed by atoms with Gasteiger partial charge in [-0.15, -0.1) is 0 Å². The monoisotopic (exact) mass is 382 g/mol. The molecule has 0 radical (unpaired) electrons. The summed E-state index contributed by atoms with van der Waals surface area (Å²) in [6, 6.07) is 3.38. The van der Waals surface area contributed by atoms with E-state index in [0.29, 0.717) is 10.9 Å². The van der Waals surface area contributed by atoms with Crippen molar-refractivity contribution in [2.45, 2.75) is 43.0 Å². The molecule has 0 saturated carbocycles. The van der Waals surface area contributed by atoms with Crippen molar-refractivity contribution in [3.63, 3.8) is 0 Å². The lowest BCUT2D eigenvalue weighted by Gasteiger charge is -2.40. The lowest BCUT2D eigenvalue weighted by Crippen LogP contribution is -2.55. The second-order valence-electron chi connectivity index (χ2n) is 6.62. The van der Waals surface area contributed by atoms with Crippen LogP contribution in [0.3, 0.4) is 0 Å². The van der Waals surface area contributed by atoms with Gasteiger partial charge in [-0.1, -0.05) is 12.1 Å². The summed E-state index contributed by atoms with van der Waals surface area (Å²) in [5.41, 5.74) is 6.55. The number of phenolic OH excluding ortho intramolecular Hbond substituents is 1. The summed E-state index contributed by atoms with van der Waals surface area (Å²) < 4.78 is 5.56. The lowest BCUT2D eigenvalue weighted by molar-refractivity contribution is -0.232. The number of H-pyrrole nitrogens is 1. The molecule has 0 amide bonds. The van der Waals surface area contributed by atoms with E-state index in [-0.39, 0.29) is 23.4 Å². The van der Waals surface area contributed by atoms with Crippen molar-refractivity contribution in [3.05, 3.63) is 29.5 Å². The van der Waals surface area contributed by atoms with Crippen LogP contribution in [0.5, 0.6) is 5.75 Å². The Labute approximate surface area is 153 Å². The summed E-state index contributed by atoms with van der Waals surface area (Å²) in [5.74, 6) is -1.34. The fraction of sp³-hybridized carbons (Fsp3) is 0.471. The molecule has 0 spiro atoms.